The topological polar surface area (TPSA) is 84.9 Å². The Bertz CT molecular complexity index is 1070. The van der Waals surface area contributed by atoms with E-state index in [0.717, 1.165) is 22.1 Å². The molecular weight excluding hydrogens is 308 g/mol. The van der Waals surface area contributed by atoms with E-state index in [1.54, 1.807) is 31.0 Å². The summed E-state index contributed by atoms with van der Waals surface area (Å²) in [7, 11) is 3.21. The molecule has 0 atom stereocenters. The molecular formula is C17H16N4O3. The average molecular weight is 324 g/mol. The van der Waals surface area contributed by atoms with E-state index in [9.17, 15) is 4.79 Å². The average Bonchev–Trinajstić information content (AvgIpc) is 3.19. The van der Waals surface area contributed by atoms with Crippen LogP contribution in [0.5, 0.6) is 11.5 Å². The lowest BCUT2D eigenvalue weighted by molar-refractivity contribution is 0.393. The normalized spacial score (nSPS) is 11.2. The summed E-state index contributed by atoms with van der Waals surface area (Å²) in [5.74, 6) is 1.37. The highest BCUT2D eigenvalue weighted by Crippen LogP contribution is 2.25. The third-order valence-corrected chi connectivity index (χ3v) is 4.07. The number of aromatic nitrogens is 4. The number of hydrogen-bond donors (Lipinski definition) is 2. The van der Waals surface area contributed by atoms with Crippen molar-refractivity contribution in [2.24, 2.45) is 0 Å². The maximum absolute atomic E-state index is 12.4. The standard InChI is InChI=1S/C17H16N4O3/c1-23-11-5-10(6-12(7-11)24-2)9-21-15-13-3-4-18-16(13)19-8-14(15)20-17(21)22/h3-8H,9H2,1-2H3,(H,18,19)(H,20,22). The third-order valence-electron chi connectivity index (χ3n) is 4.07. The lowest BCUT2D eigenvalue weighted by Crippen LogP contribution is -2.17. The van der Waals surface area contributed by atoms with E-state index in [1.165, 1.54) is 0 Å². The molecule has 0 amide bonds. The first-order chi connectivity index (χ1) is 11.7. The van der Waals surface area contributed by atoms with Gasteiger partial charge in [-0.2, -0.15) is 0 Å². The van der Waals surface area contributed by atoms with Crippen molar-refractivity contribution < 1.29 is 9.47 Å². The van der Waals surface area contributed by atoms with Crippen LogP contribution in [0.25, 0.3) is 22.1 Å². The van der Waals surface area contributed by atoms with Gasteiger partial charge in [-0.05, 0) is 23.8 Å². The minimum absolute atomic E-state index is 0.178. The van der Waals surface area contributed by atoms with Gasteiger partial charge in [0, 0.05) is 17.6 Å². The SMILES string of the molecule is COc1cc(Cn2c(=O)[nH]c3cnc4[nH]ccc4c32)cc(OC)c1. The number of fused-ring (bicyclic) bond motifs is 3. The molecule has 0 aliphatic heterocycles. The fraction of sp³-hybridized carbons (Fsp3) is 0.176. The number of methoxy groups -OCH3 is 2. The molecule has 7 nitrogen and oxygen atoms in total. The fourth-order valence-corrected chi connectivity index (χ4v) is 2.95. The van der Waals surface area contributed by atoms with Crippen LogP contribution in [0.4, 0.5) is 0 Å². The molecule has 3 aromatic heterocycles. The van der Waals surface area contributed by atoms with Crippen LogP contribution >= 0.6 is 0 Å². The summed E-state index contributed by atoms with van der Waals surface area (Å²) in [6, 6.07) is 7.50. The Morgan fingerprint density at radius 1 is 1.17 bits per heavy atom. The summed E-state index contributed by atoms with van der Waals surface area (Å²) >= 11 is 0. The summed E-state index contributed by atoms with van der Waals surface area (Å²) in [5, 5.41) is 0.903. The monoisotopic (exact) mass is 324 g/mol. The van der Waals surface area contributed by atoms with Crippen molar-refractivity contribution in [1.82, 2.24) is 19.5 Å². The molecule has 0 bridgehead atoms. The Morgan fingerprint density at radius 2 is 1.92 bits per heavy atom. The predicted octanol–water partition coefficient (Wildman–Crippen LogP) is 2.27. The van der Waals surface area contributed by atoms with Gasteiger partial charge < -0.3 is 19.4 Å². The second-order valence-corrected chi connectivity index (χ2v) is 5.50. The number of ether oxygens (including phenoxy) is 2. The van der Waals surface area contributed by atoms with Crippen molar-refractivity contribution >= 4 is 22.1 Å². The molecule has 4 aromatic rings. The molecule has 122 valence electrons. The first-order valence-corrected chi connectivity index (χ1v) is 7.46. The molecule has 3 heterocycles. The van der Waals surface area contributed by atoms with Crippen LogP contribution in [0.15, 0.2) is 41.5 Å². The predicted molar refractivity (Wildman–Crippen MR) is 90.9 cm³/mol. The zero-order chi connectivity index (χ0) is 16.7. The zero-order valence-corrected chi connectivity index (χ0v) is 13.3. The Hall–Kier alpha value is -3.22. The molecule has 0 saturated heterocycles. The maximum Gasteiger partial charge on any atom is 0.326 e. The molecule has 0 spiro atoms. The third kappa shape index (κ3) is 2.21. The molecule has 0 aliphatic rings. The molecule has 0 fully saturated rings. The number of H-pyrrole nitrogens is 2. The number of nitrogens with one attached hydrogen (secondary N) is 2. The van der Waals surface area contributed by atoms with Crippen molar-refractivity contribution in [2.45, 2.75) is 6.54 Å². The lowest BCUT2D eigenvalue weighted by atomic mass is 10.2. The van der Waals surface area contributed by atoms with Crippen molar-refractivity contribution in [1.29, 1.82) is 0 Å². The van der Waals surface area contributed by atoms with E-state index in [4.69, 9.17) is 9.47 Å². The van der Waals surface area contributed by atoms with Gasteiger partial charge in [0.05, 0.1) is 38.0 Å². The Morgan fingerprint density at radius 3 is 2.62 bits per heavy atom. The summed E-state index contributed by atoms with van der Waals surface area (Å²) in [5.41, 5.74) is 3.02. The minimum atomic E-state index is -0.178. The van der Waals surface area contributed by atoms with Crippen LogP contribution in [0, 0.1) is 0 Å². The van der Waals surface area contributed by atoms with Crippen LogP contribution in [0.3, 0.4) is 0 Å². The number of pyridine rings is 1. The molecule has 24 heavy (non-hydrogen) atoms. The molecule has 0 radical (unpaired) electrons. The second kappa shape index (κ2) is 5.45. The van der Waals surface area contributed by atoms with Gasteiger partial charge in [-0.1, -0.05) is 0 Å². The number of benzene rings is 1. The van der Waals surface area contributed by atoms with Gasteiger partial charge in [0.2, 0.25) is 0 Å². The number of nitrogens with zero attached hydrogens (tertiary/aromatic N) is 2. The second-order valence-electron chi connectivity index (χ2n) is 5.50. The fourth-order valence-electron chi connectivity index (χ4n) is 2.95. The van der Waals surface area contributed by atoms with E-state index in [0.29, 0.717) is 23.6 Å². The van der Waals surface area contributed by atoms with Crippen LogP contribution in [-0.2, 0) is 6.54 Å². The van der Waals surface area contributed by atoms with Crippen molar-refractivity contribution in [3.8, 4) is 11.5 Å². The van der Waals surface area contributed by atoms with Crippen LogP contribution < -0.4 is 15.2 Å². The Balaban J connectivity index is 1.89. The van der Waals surface area contributed by atoms with Crippen LogP contribution in [0.2, 0.25) is 0 Å². The Labute approximate surface area is 136 Å². The molecule has 7 heteroatoms. The first-order valence-electron chi connectivity index (χ1n) is 7.46. The Kier molecular flexibility index (Phi) is 3.26. The van der Waals surface area contributed by atoms with Gasteiger partial charge in [-0.15, -0.1) is 0 Å². The first kappa shape index (κ1) is 14.4. The van der Waals surface area contributed by atoms with Crippen LogP contribution in [0.1, 0.15) is 5.56 Å². The van der Waals surface area contributed by atoms with Crippen molar-refractivity contribution in [2.75, 3.05) is 14.2 Å². The van der Waals surface area contributed by atoms with Gasteiger partial charge in [0.25, 0.3) is 0 Å². The van der Waals surface area contributed by atoms with Gasteiger partial charge in [0.15, 0.2) is 0 Å². The number of imidazole rings is 1. The van der Waals surface area contributed by atoms with Crippen molar-refractivity contribution in [3.05, 3.63) is 52.7 Å². The molecule has 0 saturated carbocycles. The number of rotatable bonds is 4. The van der Waals surface area contributed by atoms with Gasteiger partial charge >= 0.3 is 5.69 Å². The summed E-state index contributed by atoms with van der Waals surface area (Å²) in [6.07, 6.45) is 3.48. The van der Waals surface area contributed by atoms with E-state index in [1.807, 2.05) is 24.4 Å². The van der Waals surface area contributed by atoms with E-state index in [2.05, 4.69) is 15.0 Å². The van der Waals surface area contributed by atoms with Crippen LogP contribution in [-0.4, -0.2) is 33.7 Å². The van der Waals surface area contributed by atoms with Gasteiger partial charge in [-0.25, -0.2) is 9.78 Å². The molecule has 0 aliphatic carbocycles. The summed E-state index contributed by atoms with van der Waals surface area (Å²) in [6.45, 7) is 0.399. The molecule has 4 rings (SSSR count). The molecule has 2 N–H and O–H groups in total. The van der Waals surface area contributed by atoms with Gasteiger partial charge in [-0.3, -0.25) is 4.57 Å². The van der Waals surface area contributed by atoms with E-state index in [-0.39, 0.29) is 5.69 Å². The molecule has 1 aromatic carbocycles. The van der Waals surface area contributed by atoms with E-state index >= 15 is 0 Å². The highest BCUT2D eigenvalue weighted by molar-refractivity contribution is 6.00. The summed E-state index contributed by atoms with van der Waals surface area (Å²) < 4.78 is 12.3. The number of hydrogen-bond acceptors (Lipinski definition) is 4. The lowest BCUT2D eigenvalue weighted by Gasteiger charge is -2.09. The number of aromatic amines is 2. The highest BCUT2D eigenvalue weighted by Gasteiger charge is 2.13. The minimum Gasteiger partial charge on any atom is -0.497 e. The summed E-state index contributed by atoms with van der Waals surface area (Å²) in [4.78, 5) is 22.7. The largest absolute Gasteiger partial charge is 0.497 e. The maximum atomic E-state index is 12.4. The quantitative estimate of drug-likeness (QED) is 0.603. The van der Waals surface area contributed by atoms with E-state index < -0.39 is 0 Å². The highest BCUT2D eigenvalue weighted by atomic mass is 16.5. The molecule has 0 unspecified atom stereocenters. The zero-order valence-electron chi connectivity index (χ0n) is 13.3. The smallest absolute Gasteiger partial charge is 0.326 e. The van der Waals surface area contributed by atoms with Gasteiger partial charge in [0.1, 0.15) is 17.1 Å². The van der Waals surface area contributed by atoms with Crippen molar-refractivity contribution in [3.63, 3.8) is 0 Å².